The van der Waals surface area contributed by atoms with E-state index in [4.69, 9.17) is 9.94 Å². The summed E-state index contributed by atoms with van der Waals surface area (Å²) >= 11 is 0. The van der Waals surface area contributed by atoms with Gasteiger partial charge in [0.2, 0.25) is 0 Å². The zero-order valence-electron chi connectivity index (χ0n) is 10.3. The summed E-state index contributed by atoms with van der Waals surface area (Å²) in [6, 6.07) is 3.77. The van der Waals surface area contributed by atoms with Gasteiger partial charge < -0.3 is 9.94 Å². The van der Waals surface area contributed by atoms with E-state index in [9.17, 15) is 19.7 Å². The van der Waals surface area contributed by atoms with Crippen LogP contribution in [0, 0.1) is 10.1 Å². The second-order valence-corrected chi connectivity index (χ2v) is 3.70. The summed E-state index contributed by atoms with van der Waals surface area (Å²) < 4.78 is 0. The number of hydrogen-bond acceptors (Lipinski definition) is 5. The average molecular weight is 268 g/mol. The minimum absolute atomic E-state index is 0.131. The van der Waals surface area contributed by atoms with Crippen molar-refractivity contribution in [3.8, 4) is 5.75 Å². The number of hydrogen-bond donors (Lipinski definition) is 1. The monoisotopic (exact) mass is 268 g/mol. The number of rotatable bonds is 5. The summed E-state index contributed by atoms with van der Waals surface area (Å²) in [4.78, 5) is 37.1. The molecule has 1 aromatic rings. The van der Waals surface area contributed by atoms with Crippen molar-refractivity contribution in [1.82, 2.24) is 5.06 Å². The highest BCUT2D eigenvalue weighted by Gasteiger charge is 2.25. The molecule has 0 aliphatic rings. The Balaban J connectivity index is 2.88. The first-order valence-electron chi connectivity index (χ1n) is 5.28. The third kappa shape index (κ3) is 3.66. The molecule has 0 aromatic heterocycles. The molecule has 19 heavy (non-hydrogen) atoms. The van der Waals surface area contributed by atoms with Gasteiger partial charge in [0.1, 0.15) is 0 Å². The Labute approximate surface area is 108 Å². The third-order valence-corrected chi connectivity index (χ3v) is 2.27. The number of carboxylic acid groups (broad SMARTS) is 1. The lowest BCUT2D eigenvalue weighted by atomic mass is 10.3. The van der Waals surface area contributed by atoms with Gasteiger partial charge in [0, 0.05) is 19.1 Å². The molecule has 1 unspecified atom stereocenters. The summed E-state index contributed by atoms with van der Waals surface area (Å²) in [7, 11) is 0. The molecular weight excluding hydrogens is 256 g/mol. The minimum atomic E-state index is -1.22. The van der Waals surface area contributed by atoms with Crippen molar-refractivity contribution in [2.45, 2.75) is 19.9 Å². The zero-order valence-corrected chi connectivity index (χ0v) is 10.3. The lowest BCUT2D eigenvalue weighted by molar-refractivity contribution is -0.384. The molecule has 0 aliphatic heterocycles. The number of nitro benzene ring substituents is 1. The number of nitro groups is 1. The molecule has 1 amide bonds. The number of carboxylic acids is 1. The molecule has 0 saturated carbocycles. The van der Waals surface area contributed by atoms with Gasteiger partial charge in [-0.25, -0.2) is 4.79 Å². The van der Waals surface area contributed by atoms with Gasteiger partial charge in [0.25, 0.3) is 11.6 Å². The normalized spacial score (nSPS) is 11.5. The van der Waals surface area contributed by atoms with E-state index < -0.39 is 22.8 Å². The van der Waals surface area contributed by atoms with Crippen LogP contribution in [0.1, 0.15) is 13.8 Å². The largest absolute Gasteiger partial charge is 0.480 e. The van der Waals surface area contributed by atoms with Crippen molar-refractivity contribution < 1.29 is 24.5 Å². The molecule has 8 nitrogen and oxygen atoms in total. The van der Waals surface area contributed by atoms with Gasteiger partial charge >= 0.3 is 5.97 Å². The van der Waals surface area contributed by atoms with E-state index in [-0.39, 0.29) is 11.4 Å². The predicted octanol–water partition coefficient (Wildman–Crippen LogP) is 1.21. The van der Waals surface area contributed by atoms with Gasteiger partial charge in [-0.3, -0.25) is 14.9 Å². The van der Waals surface area contributed by atoms with Crippen molar-refractivity contribution in [3.05, 3.63) is 34.4 Å². The summed E-state index contributed by atoms with van der Waals surface area (Å²) in [6.45, 7) is 2.44. The quantitative estimate of drug-likeness (QED) is 0.634. The van der Waals surface area contributed by atoms with Crippen LogP contribution in [0.25, 0.3) is 0 Å². The predicted molar refractivity (Wildman–Crippen MR) is 63.3 cm³/mol. The summed E-state index contributed by atoms with van der Waals surface area (Å²) in [6.07, 6.45) is 0. The summed E-state index contributed by atoms with van der Waals surface area (Å²) in [5.41, 5.74) is -0.131. The molecule has 0 heterocycles. The Bertz CT molecular complexity index is 498. The molecule has 1 atom stereocenters. The van der Waals surface area contributed by atoms with Crippen molar-refractivity contribution in [1.29, 1.82) is 0 Å². The third-order valence-electron chi connectivity index (χ3n) is 2.27. The van der Waals surface area contributed by atoms with Gasteiger partial charge in [-0.2, -0.15) is 5.06 Å². The van der Waals surface area contributed by atoms with Crippen molar-refractivity contribution in [2.24, 2.45) is 0 Å². The van der Waals surface area contributed by atoms with Crippen LogP contribution in [-0.2, 0) is 9.59 Å². The van der Waals surface area contributed by atoms with Gasteiger partial charge in [-0.05, 0) is 19.1 Å². The number of nitrogens with zero attached hydrogens (tertiary/aromatic N) is 2. The molecule has 1 aromatic carbocycles. The minimum Gasteiger partial charge on any atom is -0.480 e. The van der Waals surface area contributed by atoms with Crippen molar-refractivity contribution in [2.75, 3.05) is 0 Å². The Hall–Kier alpha value is -2.64. The number of aliphatic carboxylic acids is 1. The van der Waals surface area contributed by atoms with Crippen LogP contribution in [0.5, 0.6) is 5.75 Å². The molecule has 0 saturated heterocycles. The van der Waals surface area contributed by atoms with Gasteiger partial charge in [0.15, 0.2) is 11.8 Å². The van der Waals surface area contributed by atoms with Crippen molar-refractivity contribution in [3.63, 3.8) is 0 Å². The fraction of sp³-hybridized carbons (Fsp3) is 0.273. The lowest BCUT2D eigenvalue weighted by Crippen LogP contribution is -2.44. The summed E-state index contributed by atoms with van der Waals surface area (Å²) in [5, 5.41) is 20.0. The maximum Gasteiger partial charge on any atom is 0.329 e. The molecular formula is C11H12N2O6. The number of carbonyl (C=O) groups excluding carboxylic acids is 1. The first-order chi connectivity index (χ1) is 8.82. The second kappa shape index (κ2) is 5.80. The fourth-order valence-electron chi connectivity index (χ4n) is 1.26. The lowest BCUT2D eigenvalue weighted by Gasteiger charge is -2.24. The van der Waals surface area contributed by atoms with Crippen LogP contribution >= 0.6 is 0 Å². The molecule has 102 valence electrons. The molecule has 0 radical (unpaired) electrons. The fourth-order valence-corrected chi connectivity index (χ4v) is 1.26. The van der Waals surface area contributed by atoms with Crippen LogP contribution in [0.2, 0.25) is 0 Å². The van der Waals surface area contributed by atoms with E-state index in [0.717, 1.165) is 6.92 Å². The van der Waals surface area contributed by atoms with E-state index in [0.29, 0.717) is 5.06 Å². The maximum absolute atomic E-state index is 11.3. The summed E-state index contributed by atoms with van der Waals surface area (Å²) in [5.74, 6) is -1.68. The van der Waals surface area contributed by atoms with Gasteiger partial charge in [-0.15, -0.1) is 0 Å². The highest BCUT2D eigenvalue weighted by Crippen LogP contribution is 2.19. The van der Waals surface area contributed by atoms with E-state index >= 15 is 0 Å². The smallest absolute Gasteiger partial charge is 0.329 e. The Morgan fingerprint density at radius 3 is 2.26 bits per heavy atom. The van der Waals surface area contributed by atoms with Crippen LogP contribution in [-0.4, -0.2) is 33.0 Å². The standard InChI is InChI=1S/C11H12N2O6/c1-7(11(15)16)12(8(2)14)19-10-5-3-9(4-6-10)13(17)18/h3-7H,1-2H3,(H,15,16). The highest BCUT2D eigenvalue weighted by atomic mass is 16.7. The first-order valence-corrected chi connectivity index (χ1v) is 5.28. The first kappa shape index (κ1) is 14.4. The van der Waals surface area contributed by atoms with E-state index in [1.807, 2.05) is 0 Å². The molecule has 0 aliphatic carbocycles. The van der Waals surface area contributed by atoms with E-state index in [1.54, 1.807) is 0 Å². The number of non-ortho nitro benzene ring substituents is 1. The Kier molecular flexibility index (Phi) is 4.41. The molecule has 1 N–H and O–H groups in total. The maximum atomic E-state index is 11.3. The average Bonchev–Trinajstić information content (AvgIpc) is 2.35. The van der Waals surface area contributed by atoms with Crippen molar-refractivity contribution >= 4 is 17.6 Å². The van der Waals surface area contributed by atoms with Crippen LogP contribution in [0.15, 0.2) is 24.3 Å². The van der Waals surface area contributed by atoms with Crippen LogP contribution in [0.4, 0.5) is 5.69 Å². The zero-order chi connectivity index (χ0) is 14.6. The number of hydroxylamine groups is 2. The Morgan fingerprint density at radius 2 is 1.89 bits per heavy atom. The highest BCUT2D eigenvalue weighted by molar-refractivity contribution is 5.81. The van der Waals surface area contributed by atoms with Gasteiger partial charge in [0.05, 0.1) is 4.92 Å². The van der Waals surface area contributed by atoms with E-state index in [1.165, 1.54) is 31.2 Å². The Morgan fingerprint density at radius 1 is 1.37 bits per heavy atom. The molecule has 8 heteroatoms. The van der Waals surface area contributed by atoms with Crippen LogP contribution in [0.3, 0.4) is 0 Å². The molecule has 0 spiro atoms. The molecule has 0 bridgehead atoms. The molecule has 0 fully saturated rings. The number of carbonyl (C=O) groups is 2. The van der Waals surface area contributed by atoms with Gasteiger partial charge in [-0.1, -0.05) is 0 Å². The number of amides is 1. The second-order valence-electron chi connectivity index (χ2n) is 3.70. The van der Waals surface area contributed by atoms with Crippen LogP contribution < -0.4 is 4.84 Å². The van der Waals surface area contributed by atoms with E-state index in [2.05, 4.69) is 0 Å². The molecule has 1 rings (SSSR count). The topological polar surface area (TPSA) is 110 Å². The number of benzene rings is 1. The SMILES string of the molecule is CC(=O)N(Oc1ccc([N+](=O)[O-])cc1)C(C)C(=O)O.